The molecule has 0 fully saturated rings. The molecule has 1 heterocycles. The molecule has 0 aliphatic carbocycles. The van der Waals surface area contributed by atoms with Crippen LogP contribution in [0.4, 0.5) is 4.39 Å². The fourth-order valence-corrected chi connectivity index (χ4v) is 1.26. The van der Waals surface area contributed by atoms with Crippen LogP contribution in [0.5, 0.6) is 0 Å². The van der Waals surface area contributed by atoms with Crippen molar-refractivity contribution in [2.45, 2.75) is 6.42 Å². The molecule has 0 saturated carbocycles. The standard InChI is InChI=1S/C9H7FN4O2/c10-6-2-1-3-7(4-6)14-8(5-9(15)16)11-12-13-14/h1-4H,5H2,(H,15,16). The molecule has 6 nitrogen and oxygen atoms in total. The molecule has 2 aromatic rings. The van der Waals surface area contributed by atoms with E-state index in [1.54, 1.807) is 6.07 Å². The third-order valence-corrected chi connectivity index (χ3v) is 1.90. The maximum atomic E-state index is 13.0. The Morgan fingerprint density at radius 2 is 2.31 bits per heavy atom. The smallest absolute Gasteiger partial charge is 0.311 e. The number of rotatable bonds is 3. The molecular formula is C9H7FN4O2. The summed E-state index contributed by atoms with van der Waals surface area (Å²) in [5.41, 5.74) is 0.390. The highest BCUT2D eigenvalue weighted by Crippen LogP contribution is 2.09. The molecule has 2 rings (SSSR count). The Labute approximate surface area is 89.3 Å². The zero-order valence-electron chi connectivity index (χ0n) is 8.04. The van der Waals surface area contributed by atoms with Gasteiger partial charge in [-0.3, -0.25) is 4.79 Å². The highest BCUT2D eigenvalue weighted by molar-refractivity contribution is 5.69. The fourth-order valence-electron chi connectivity index (χ4n) is 1.26. The third-order valence-electron chi connectivity index (χ3n) is 1.90. The van der Waals surface area contributed by atoms with Crippen LogP contribution in [0.2, 0.25) is 0 Å². The first-order valence-electron chi connectivity index (χ1n) is 4.42. The van der Waals surface area contributed by atoms with Crippen molar-refractivity contribution in [1.82, 2.24) is 20.2 Å². The molecule has 16 heavy (non-hydrogen) atoms. The van der Waals surface area contributed by atoms with Crippen molar-refractivity contribution in [1.29, 1.82) is 0 Å². The minimum Gasteiger partial charge on any atom is -0.481 e. The van der Waals surface area contributed by atoms with Gasteiger partial charge in [-0.15, -0.1) is 5.10 Å². The Bertz CT molecular complexity index is 526. The monoisotopic (exact) mass is 222 g/mol. The van der Waals surface area contributed by atoms with Crippen LogP contribution in [0.25, 0.3) is 5.69 Å². The van der Waals surface area contributed by atoms with Crippen LogP contribution in [-0.4, -0.2) is 31.3 Å². The normalized spacial score (nSPS) is 10.3. The van der Waals surface area contributed by atoms with Crippen molar-refractivity contribution in [2.24, 2.45) is 0 Å². The highest BCUT2D eigenvalue weighted by Gasteiger charge is 2.11. The van der Waals surface area contributed by atoms with Crippen LogP contribution in [0.3, 0.4) is 0 Å². The Morgan fingerprint density at radius 1 is 1.50 bits per heavy atom. The van der Waals surface area contributed by atoms with Gasteiger partial charge in [0, 0.05) is 0 Å². The first-order valence-corrected chi connectivity index (χ1v) is 4.42. The van der Waals surface area contributed by atoms with Crippen LogP contribution < -0.4 is 0 Å². The summed E-state index contributed by atoms with van der Waals surface area (Å²) in [4.78, 5) is 10.5. The van der Waals surface area contributed by atoms with Gasteiger partial charge in [0.05, 0.1) is 5.69 Å². The lowest BCUT2D eigenvalue weighted by molar-refractivity contribution is -0.136. The van der Waals surface area contributed by atoms with E-state index in [9.17, 15) is 9.18 Å². The molecule has 0 radical (unpaired) electrons. The molecule has 0 aliphatic heterocycles. The number of aromatic nitrogens is 4. The zero-order valence-corrected chi connectivity index (χ0v) is 8.04. The number of halogens is 1. The van der Waals surface area contributed by atoms with Gasteiger partial charge in [-0.05, 0) is 28.6 Å². The average Bonchev–Trinajstić information content (AvgIpc) is 2.65. The topological polar surface area (TPSA) is 80.9 Å². The summed E-state index contributed by atoms with van der Waals surface area (Å²) >= 11 is 0. The summed E-state index contributed by atoms with van der Waals surface area (Å²) in [7, 11) is 0. The largest absolute Gasteiger partial charge is 0.481 e. The van der Waals surface area contributed by atoms with Gasteiger partial charge in [0.25, 0.3) is 0 Å². The molecule has 7 heteroatoms. The van der Waals surface area contributed by atoms with Gasteiger partial charge in [0.15, 0.2) is 5.82 Å². The van der Waals surface area contributed by atoms with Gasteiger partial charge >= 0.3 is 5.97 Å². The maximum absolute atomic E-state index is 13.0. The fraction of sp³-hybridized carbons (Fsp3) is 0.111. The summed E-state index contributed by atoms with van der Waals surface area (Å²) in [5, 5.41) is 19.2. The van der Waals surface area contributed by atoms with Crippen molar-refractivity contribution >= 4 is 5.97 Å². The van der Waals surface area contributed by atoms with E-state index in [1.807, 2.05) is 0 Å². The molecule has 0 bridgehead atoms. The molecule has 1 aromatic heterocycles. The number of benzene rings is 1. The Hall–Kier alpha value is -2.31. The minimum atomic E-state index is -1.05. The van der Waals surface area contributed by atoms with Crippen molar-refractivity contribution in [3.8, 4) is 5.69 Å². The second-order valence-electron chi connectivity index (χ2n) is 3.06. The summed E-state index contributed by atoms with van der Waals surface area (Å²) in [6.07, 6.45) is -0.316. The van der Waals surface area contributed by atoms with Crippen molar-refractivity contribution in [2.75, 3.05) is 0 Å². The summed E-state index contributed by atoms with van der Waals surface area (Å²) in [5.74, 6) is -1.33. The second kappa shape index (κ2) is 4.05. The molecular weight excluding hydrogens is 215 g/mol. The number of tetrazole rings is 1. The first-order chi connectivity index (χ1) is 7.66. The summed E-state index contributed by atoms with van der Waals surface area (Å²) in [6, 6.07) is 5.59. The number of hydrogen-bond acceptors (Lipinski definition) is 4. The molecule has 0 atom stereocenters. The van der Waals surface area contributed by atoms with E-state index in [0.29, 0.717) is 5.69 Å². The Kier molecular flexibility index (Phi) is 2.59. The molecule has 0 unspecified atom stereocenters. The Morgan fingerprint density at radius 3 is 3.00 bits per heavy atom. The number of carbonyl (C=O) groups is 1. The van der Waals surface area contributed by atoms with E-state index in [0.717, 1.165) is 0 Å². The molecule has 1 N–H and O–H groups in total. The zero-order chi connectivity index (χ0) is 11.5. The average molecular weight is 222 g/mol. The molecule has 82 valence electrons. The predicted molar refractivity (Wildman–Crippen MR) is 50.5 cm³/mol. The lowest BCUT2D eigenvalue weighted by Gasteiger charge is -2.02. The summed E-state index contributed by atoms with van der Waals surface area (Å²) < 4.78 is 14.1. The van der Waals surface area contributed by atoms with Crippen LogP contribution in [-0.2, 0) is 11.2 Å². The van der Waals surface area contributed by atoms with Gasteiger partial charge in [-0.1, -0.05) is 6.07 Å². The van der Waals surface area contributed by atoms with E-state index in [2.05, 4.69) is 15.5 Å². The second-order valence-corrected chi connectivity index (χ2v) is 3.06. The number of carboxylic acids is 1. The lowest BCUT2D eigenvalue weighted by atomic mass is 10.3. The van der Waals surface area contributed by atoms with Gasteiger partial charge in [0.1, 0.15) is 12.2 Å². The SMILES string of the molecule is O=C(O)Cc1nnnn1-c1cccc(F)c1. The van der Waals surface area contributed by atoms with Crippen molar-refractivity contribution < 1.29 is 14.3 Å². The summed E-state index contributed by atoms with van der Waals surface area (Å²) in [6.45, 7) is 0. The maximum Gasteiger partial charge on any atom is 0.311 e. The molecule has 0 amide bonds. The molecule has 0 saturated heterocycles. The number of nitrogens with zero attached hydrogens (tertiary/aromatic N) is 4. The van der Waals surface area contributed by atoms with E-state index in [4.69, 9.17) is 5.11 Å². The first kappa shape index (κ1) is 10.2. The predicted octanol–water partition coefficient (Wildman–Crippen LogP) is 0.428. The third kappa shape index (κ3) is 2.02. The Balaban J connectivity index is 2.40. The highest BCUT2D eigenvalue weighted by atomic mass is 19.1. The quantitative estimate of drug-likeness (QED) is 0.814. The number of carboxylic acid groups (broad SMARTS) is 1. The molecule has 1 aromatic carbocycles. The van der Waals surface area contributed by atoms with Crippen LogP contribution in [0.15, 0.2) is 24.3 Å². The van der Waals surface area contributed by atoms with Gasteiger partial charge in [-0.2, -0.15) is 4.68 Å². The van der Waals surface area contributed by atoms with Gasteiger partial charge < -0.3 is 5.11 Å². The lowest BCUT2D eigenvalue weighted by Crippen LogP contribution is -2.09. The molecule has 0 spiro atoms. The van der Waals surface area contributed by atoms with E-state index >= 15 is 0 Å². The van der Waals surface area contributed by atoms with E-state index in [1.165, 1.54) is 22.9 Å². The minimum absolute atomic E-state index is 0.151. The van der Waals surface area contributed by atoms with E-state index in [-0.39, 0.29) is 12.2 Å². The van der Waals surface area contributed by atoms with Crippen molar-refractivity contribution in [3.05, 3.63) is 35.9 Å². The van der Waals surface area contributed by atoms with Crippen LogP contribution in [0, 0.1) is 5.82 Å². The van der Waals surface area contributed by atoms with Crippen LogP contribution >= 0.6 is 0 Å². The van der Waals surface area contributed by atoms with Crippen LogP contribution in [0.1, 0.15) is 5.82 Å². The van der Waals surface area contributed by atoms with Crippen molar-refractivity contribution in [3.63, 3.8) is 0 Å². The van der Waals surface area contributed by atoms with Gasteiger partial charge in [0.2, 0.25) is 0 Å². The van der Waals surface area contributed by atoms with E-state index < -0.39 is 11.8 Å². The number of hydrogen-bond donors (Lipinski definition) is 1. The van der Waals surface area contributed by atoms with Gasteiger partial charge in [-0.25, -0.2) is 4.39 Å². The molecule has 0 aliphatic rings. The number of aliphatic carboxylic acids is 1.